The summed E-state index contributed by atoms with van der Waals surface area (Å²) in [6.45, 7) is 3.03. The van der Waals surface area contributed by atoms with Gasteiger partial charge in [0.25, 0.3) is 0 Å². The normalized spacial score (nSPS) is 30.2. The van der Waals surface area contributed by atoms with Crippen molar-refractivity contribution in [3.63, 3.8) is 0 Å². The highest BCUT2D eigenvalue weighted by Crippen LogP contribution is 2.49. The van der Waals surface area contributed by atoms with Crippen LogP contribution >= 0.6 is 0 Å². The Balaban J connectivity index is 1.17. The van der Waals surface area contributed by atoms with E-state index < -0.39 is 10.0 Å². The Morgan fingerprint density at radius 3 is 2.45 bits per heavy atom. The molecule has 1 aromatic rings. The van der Waals surface area contributed by atoms with Gasteiger partial charge in [-0.2, -0.15) is 4.31 Å². The standard InChI is InChI=1S/C25H36N2O3S/c1-17(24-15-18-6-7-22(24)14-18)26-25(28)20-10-12-27(13-11-20)31(29,30)23-9-8-19-4-2-3-5-21(19)16-23/h8-9,16-18,20,22,24H,2-7,10-15H2,1H3,(H,26,28). The van der Waals surface area contributed by atoms with Crippen LogP contribution in [0, 0.1) is 23.7 Å². The second kappa shape index (κ2) is 8.51. The Hall–Kier alpha value is -1.40. The Morgan fingerprint density at radius 1 is 1.03 bits per heavy atom. The third-order valence-corrected chi connectivity index (χ3v) is 10.5. The van der Waals surface area contributed by atoms with Crippen molar-refractivity contribution in [3.05, 3.63) is 29.3 Å². The molecular weight excluding hydrogens is 408 g/mol. The molecule has 1 aliphatic heterocycles. The maximum absolute atomic E-state index is 13.2. The molecule has 4 unspecified atom stereocenters. The second-order valence-corrected chi connectivity index (χ2v) is 12.4. The topological polar surface area (TPSA) is 66.5 Å². The number of fused-ring (bicyclic) bond motifs is 3. The highest BCUT2D eigenvalue weighted by molar-refractivity contribution is 7.89. The summed E-state index contributed by atoms with van der Waals surface area (Å²) in [5, 5.41) is 3.29. The van der Waals surface area contributed by atoms with Gasteiger partial charge in [0.05, 0.1) is 4.90 Å². The van der Waals surface area contributed by atoms with Crippen molar-refractivity contribution in [2.24, 2.45) is 23.7 Å². The number of carbonyl (C=O) groups excluding carboxylic acids is 1. The smallest absolute Gasteiger partial charge is 0.243 e. The summed E-state index contributed by atoms with van der Waals surface area (Å²) >= 11 is 0. The van der Waals surface area contributed by atoms with Crippen LogP contribution in [-0.4, -0.2) is 37.8 Å². The molecule has 1 saturated heterocycles. The molecule has 170 valence electrons. The third kappa shape index (κ3) is 4.18. The average Bonchev–Trinajstić information content (AvgIpc) is 3.43. The molecule has 6 heteroatoms. The molecular formula is C25H36N2O3S. The van der Waals surface area contributed by atoms with Gasteiger partial charge >= 0.3 is 0 Å². The maximum atomic E-state index is 13.2. The van der Waals surface area contributed by atoms with Crippen LogP contribution in [0.3, 0.4) is 0 Å². The van der Waals surface area contributed by atoms with Gasteiger partial charge in [-0.15, -0.1) is 0 Å². The Bertz CT molecular complexity index is 936. The first-order chi connectivity index (χ1) is 14.9. The Kier molecular flexibility index (Phi) is 5.89. The van der Waals surface area contributed by atoms with Crippen molar-refractivity contribution in [3.8, 4) is 0 Å². The van der Waals surface area contributed by atoms with E-state index in [4.69, 9.17) is 0 Å². The molecule has 5 rings (SSSR count). The number of hydrogen-bond acceptors (Lipinski definition) is 3. The van der Waals surface area contributed by atoms with Crippen molar-refractivity contribution in [1.29, 1.82) is 0 Å². The van der Waals surface area contributed by atoms with Crippen LogP contribution in [0.4, 0.5) is 0 Å². The lowest BCUT2D eigenvalue weighted by Gasteiger charge is -2.33. The maximum Gasteiger partial charge on any atom is 0.243 e. The first-order valence-corrected chi connectivity index (χ1v) is 13.8. The number of nitrogens with one attached hydrogen (secondary N) is 1. The van der Waals surface area contributed by atoms with Gasteiger partial charge in [-0.3, -0.25) is 4.79 Å². The van der Waals surface area contributed by atoms with Crippen LogP contribution in [0.15, 0.2) is 23.1 Å². The minimum absolute atomic E-state index is 0.0731. The van der Waals surface area contributed by atoms with Crippen LogP contribution in [0.2, 0.25) is 0 Å². The molecule has 2 bridgehead atoms. The zero-order valence-corrected chi connectivity index (χ0v) is 19.5. The number of aryl methyl sites for hydroxylation is 2. The van der Waals surface area contributed by atoms with E-state index in [9.17, 15) is 13.2 Å². The Labute approximate surface area is 187 Å². The lowest BCUT2D eigenvalue weighted by molar-refractivity contribution is -0.127. The minimum atomic E-state index is -3.48. The molecule has 31 heavy (non-hydrogen) atoms. The van der Waals surface area contributed by atoms with E-state index >= 15 is 0 Å². The lowest BCUT2D eigenvalue weighted by Crippen LogP contribution is -2.47. The van der Waals surface area contributed by atoms with Gasteiger partial charge in [0.1, 0.15) is 0 Å². The Morgan fingerprint density at radius 2 is 1.77 bits per heavy atom. The minimum Gasteiger partial charge on any atom is -0.353 e. The quantitative estimate of drug-likeness (QED) is 0.749. The fourth-order valence-electron chi connectivity index (χ4n) is 6.73. The first kappa shape index (κ1) is 21.4. The summed E-state index contributed by atoms with van der Waals surface area (Å²) < 4.78 is 28.0. The fourth-order valence-corrected chi connectivity index (χ4v) is 8.25. The van der Waals surface area contributed by atoms with Crippen LogP contribution in [-0.2, 0) is 27.7 Å². The number of nitrogens with zero attached hydrogens (tertiary/aromatic N) is 1. The summed E-state index contributed by atoms with van der Waals surface area (Å²) in [6, 6.07) is 5.90. The van der Waals surface area contributed by atoms with Crippen LogP contribution < -0.4 is 5.32 Å². The van der Waals surface area contributed by atoms with Gasteiger partial charge in [0.2, 0.25) is 15.9 Å². The fraction of sp³-hybridized carbons (Fsp3) is 0.720. The van der Waals surface area contributed by atoms with E-state index in [1.54, 1.807) is 10.4 Å². The van der Waals surface area contributed by atoms with Gasteiger partial charge < -0.3 is 5.32 Å². The van der Waals surface area contributed by atoms with E-state index in [0.717, 1.165) is 31.1 Å². The van der Waals surface area contributed by atoms with Crippen molar-refractivity contribution in [2.45, 2.75) is 82.1 Å². The molecule has 1 N–H and O–H groups in total. The molecule has 4 aliphatic rings. The summed E-state index contributed by atoms with van der Waals surface area (Å²) in [5.41, 5.74) is 2.49. The van der Waals surface area contributed by atoms with Crippen molar-refractivity contribution in [2.75, 3.05) is 13.1 Å². The molecule has 3 fully saturated rings. The molecule has 0 radical (unpaired) electrons. The van der Waals surface area contributed by atoms with E-state index in [-0.39, 0.29) is 17.9 Å². The molecule has 1 amide bonds. The first-order valence-electron chi connectivity index (χ1n) is 12.3. The summed E-state index contributed by atoms with van der Waals surface area (Å²) in [4.78, 5) is 13.3. The van der Waals surface area contributed by atoms with Gasteiger partial charge in [-0.05, 0) is 106 Å². The van der Waals surface area contributed by atoms with Gasteiger partial charge in [0.15, 0.2) is 0 Å². The average molecular weight is 445 g/mol. The van der Waals surface area contributed by atoms with E-state index in [1.807, 2.05) is 12.1 Å². The number of hydrogen-bond donors (Lipinski definition) is 1. The summed E-state index contributed by atoms with van der Waals surface area (Å²) in [6.07, 6.45) is 10.9. The van der Waals surface area contributed by atoms with E-state index in [0.29, 0.717) is 36.7 Å². The molecule has 1 aromatic carbocycles. The number of amides is 1. The molecule has 0 spiro atoms. The summed E-state index contributed by atoms with van der Waals surface area (Å²) in [5.74, 6) is 2.36. The third-order valence-electron chi connectivity index (χ3n) is 8.59. The number of sulfonamides is 1. The second-order valence-electron chi connectivity index (χ2n) is 10.5. The number of rotatable bonds is 5. The van der Waals surface area contributed by atoms with E-state index in [1.165, 1.54) is 43.2 Å². The number of carbonyl (C=O) groups is 1. The van der Waals surface area contributed by atoms with Gasteiger partial charge in [-0.25, -0.2) is 8.42 Å². The SMILES string of the molecule is CC(NC(=O)C1CCN(S(=O)(=O)c2ccc3c(c2)CCCC3)CC1)C1CC2CCC1C2. The highest BCUT2D eigenvalue weighted by atomic mass is 32.2. The van der Waals surface area contributed by atoms with Gasteiger partial charge in [0, 0.05) is 25.0 Å². The zero-order valence-electron chi connectivity index (χ0n) is 18.7. The van der Waals surface area contributed by atoms with E-state index in [2.05, 4.69) is 12.2 Å². The van der Waals surface area contributed by atoms with Crippen molar-refractivity contribution in [1.82, 2.24) is 9.62 Å². The predicted molar refractivity (Wildman–Crippen MR) is 121 cm³/mol. The molecule has 1 heterocycles. The predicted octanol–water partition coefficient (Wildman–Crippen LogP) is 3.91. The molecule has 0 aromatic heterocycles. The number of benzene rings is 1. The van der Waals surface area contributed by atoms with Crippen LogP contribution in [0.5, 0.6) is 0 Å². The molecule has 2 saturated carbocycles. The molecule has 4 atom stereocenters. The largest absolute Gasteiger partial charge is 0.353 e. The molecule has 5 nitrogen and oxygen atoms in total. The van der Waals surface area contributed by atoms with Crippen molar-refractivity contribution < 1.29 is 13.2 Å². The lowest BCUT2D eigenvalue weighted by atomic mass is 9.83. The summed E-state index contributed by atoms with van der Waals surface area (Å²) in [7, 11) is -3.48. The number of piperidine rings is 1. The van der Waals surface area contributed by atoms with Crippen molar-refractivity contribution >= 4 is 15.9 Å². The highest BCUT2D eigenvalue weighted by Gasteiger charge is 2.42. The molecule has 3 aliphatic carbocycles. The van der Waals surface area contributed by atoms with Crippen LogP contribution in [0.25, 0.3) is 0 Å². The monoisotopic (exact) mass is 444 g/mol. The van der Waals surface area contributed by atoms with Gasteiger partial charge in [-0.1, -0.05) is 12.5 Å². The van der Waals surface area contributed by atoms with Crippen LogP contribution in [0.1, 0.15) is 69.4 Å². The zero-order chi connectivity index (χ0) is 21.6.